The number of ether oxygens (including phenoxy) is 1. The van der Waals surface area contributed by atoms with E-state index in [1.54, 1.807) is 6.20 Å². The van der Waals surface area contributed by atoms with Crippen LogP contribution in [0.25, 0.3) is 0 Å². The molecule has 0 saturated carbocycles. The Morgan fingerprint density at radius 2 is 1.92 bits per heavy atom. The Labute approximate surface area is 150 Å². The summed E-state index contributed by atoms with van der Waals surface area (Å²) >= 11 is 0. The Balaban J connectivity index is 0.00000288. The number of carbonyl (C=O) groups is 1. The average molecular weight is 353 g/mol. The van der Waals surface area contributed by atoms with Crippen LogP contribution in [0.5, 0.6) is 0 Å². The quantitative estimate of drug-likeness (QED) is 0.818. The Bertz CT molecular complexity index is 563. The Hall–Kier alpha value is -1.72. The molecule has 1 aliphatic rings. The molecule has 0 aromatic heterocycles. The fraction of sp³-hybridized carbons (Fsp3) is 0.500. The van der Waals surface area contributed by atoms with E-state index >= 15 is 0 Å². The zero-order valence-corrected chi connectivity index (χ0v) is 15.4. The number of urea groups is 1. The molecule has 2 amide bonds. The number of aryl methyl sites for hydroxylation is 1. The van der Waals surface area contributed by atoms with E-state index in [0.29, 0.717) is 0 Å². The van der Waals surface area contributed by atoms with Crippen molar-refractivity contribution in [2.75, 3.05) is 36.5 Å². The number of carbonyl (C=O) groups excluding carboxylic acids is 1. The Morgan fingerprint density at radius 1 is 1.25 bits per heavy atom. The second kappa shape index (κ2) is 10.2. The van der Waals surface area contributed by atoms with Crippen molar-refractivity contribution in [3.8, 4) is 0 Å². The van der Waals surface area contributed by atoms with Gasteiger partial charge in [0.25, 0.3) is 0 Å². The summed E-state index contributed by atoms with van der Waals surface area (Å²) in [6, 6.07) is 5.92. The van der Waals surface area contributed by atoms with E-state index in [1.807, 2.05) is 19.1 Å². The first-order valence-electron chi connectivity index (χ1n) is 8.32. The third-order valence-corrected chi connectivity index (χ3v) is 4.13. The highest BCUT2D eigenvalue weighted by molar-refractivity contribution is 5.91. The van der Waals surface area contributed by atoms with E-state index in [9.17, 15) is 4.79 Å². The number of rotatable bonds is 5. The lowest BCUT2D eigenvalue weighted by Crippen LogP contribution is -3.00. The fourth-order valence-electron chi connectivity index (χ4n) is 2.68. The zero-order chi connectivity index (χ0) is 16.7. The highest BCUT2D eigenvalue weighted by atomic mass is 35.5. The van der Waals surface area contributed by atoms with E-state index in [0.717, 1.165) is 50.4 Å². The topological polar surface area (TPSA) is 53.6 Å². The molecule has 2 N–H and O–H groups in total. The van der Waals surface area contributed by atoms with Gasteiger partial charge >= 0.3 is 6.03 Å². The smallest absolute Gasteiger partial charge is 0.323 e. The molecule has 24 heavy (non-hydrogen) atoms. The number of nitrogens with one attached hydrogen (secondary N) is 2. The van der Waals surface area contributed by atoms with Gasteiger partial charge in [-0.1, -0.05) is 0 Å². The normalized spacial score (nSPS) is 13.7. The lowest BCUT2D eigenvalue weighted by Gasteiger charge is -2.22. The number of nitrogens with zero attached hydrogens (tertiary/aromatic N) is 1. The lowest BCUT2D eigenvalue weighted by atomic mass is 10.1. The summed E-state index contributed by atoms with van der Waals surface area (Å²) in [4.78, 5) is 14.3. The van der Waals surface area contributed by atoms with Gasteiger partial charge in [0.05, 0.1) is 13.2 Å². The molecule has 0 radical (unpaired) electrons. The molecule has 6 heteroatoms. The predicted molar refractivity (Wildman–Crippen MR) is 95.0 cm³/mol. The van der Waals surface area contributed by atoms with Crippen LogP contribution in [0.2, 0.25) is 0 Å². The van der Waals surface area contributed by atoms with E-state index in [2.05, 4.69) is 35.4 Å². The molecule has 0 aliphatic carbocycles. The van der Waals surface area contributed by atoms with Gasteiger partial charge in [-0.25, -0.2) is 4.79 Å². The van der Waals surface area contributed by atoms with Crippen molar-refractivity contribution in [3.63, 3.8) is 0 Å². The molecule has 0 spiro atoms. The van der Waals surface area contributed by atoms with Crippen molar-refractivity contribution in [1.29, 1.82) is 0 Å². The van der Waals surface area contributed by atoms with Crippen molar-refractivity contribution < 1.29 is 21.9 Å². The zero-order valence-electron chi connectivity index (χ0n) is 14.7. The second-order valence-corrected chi connectivity index (χ2v) is 5.68. The summed E-state index contributed by atoms with van der Waals surface area (Å²) < 4.78 is 5.29. The molecule has 5 nitrogen and oxygen atoms in total. The number of benzene rings is 1. The van der Waals surface area contributed by atoms with Crippen molar-refractivity contribution in [3.05, 3.63) is 35.5 Å². The summed E-state index contributed by atoms with van der Waals surface area (Å²) in [5, 5.41) is 5.72. The summed E-state index contributed by atoms with van der Waals surface area (Å²) in [6.45, 7) is 9.72. The summed E-state index contributed by atoms with van der Waals surface area (Å²) in [5.41, 5.74) is 4.30. The van der Waals surface area contributed by atoms with Crippen LogP contribution in [-0.2, 0) is 4.74 Å². The molecular weight excluding hydrogens is 326 g/mol. The van der Waals surface area contributed by atoms with Crippen molar-refractivity contribution in [2.24, 2.45) is 0 Å². The number of hydrogen-bond donors (Lipinski definition) is 2. The third kappa shape index (κ3) is 5.73. The molecule has 2 rings (SSSR count). The van der Waals surface area contributed by atoms with Gasteiger partial charge in [0.2, 0.25) is 0 Å². The van der Waals surface area contributed by atoms with Crippen molar-refractivity contribution in [1.82, 2.24) is 5.32 Å². The van der Waals surface area contributed by atoms with Crippen LogP contribution in [0.3, 0.4) is 0 Å². The lowest BCUT2D eigenvalue weighted by molar-refractivity contribution is -0.00000890. The van der Waals surface area contributed by atoms with Gasteiger partial charge < -0.3 is 32.7 Å². The van der Waals surface area contributed by atoms with Crippen LogP contribution >= 0.6 is 0 Å². The van der Waals surface area contributed by atoms with Crippen LogP contribution < -0.4 is 27.9 Å². The summed E-state index contributed by atoms with van der Waals surface area (Å²) in [7, 11) is 0. The molecule has 1 aromatic carbocycles. The van der Waals surface area contributed by atoms with Crippen molar-refractivity contribution >= 4 is 17.4 Å². The summed E-state index contributed by atoms with van der Waals surface area (Å²) in [6.07, 6.45) is 3.58. The largest absolute Gasteiger partial charge is 1.00 e. The van der Waals surface area contributed by atoms with E-state index in [-0.39, 0.29) is 18.4 Å². The first kappa shape index (κ1) is 20.3. The maximum atomic E-state index is 12.0. The number of amides is 2. The average Bonchev–Trinajstić information content (AvgIpc) is 2.57. The predicted octanol–water partition coefficient (Wildman–Crippen LogP) is 0.661. The highest BCUT2D eigenvalue weighted by Gasteiger charge is 2.08. The molecule has 0 atom stereocenters. The first-order chi connectivity index (χ1) is 11.1. The van der Waals surface area contributed by atoms with Gasteiger partial charge in [-0.2, -0.15) is 0 Å². The number of hydrogen-bond acceptors (Lipinski definition) is 3. The van der Waals surface area contributed by atoms with E-state index < -0.39 is 0 Å². The van der Waals surface area contributed by atoms with E-state index in [1.165, 1.54) is 11.3 Å². The van der Waals surface area contributed by atoms with Crippen LogP contribution in [0.4, 0.5) is 16.2 Å². The maximum Gasteiger partial charge on any atom is 0.323 e. The Morgan fingerprint density at radius 3 is 2.50 bits per heavy atom. The first-order valence-corrected chi connectivity index (χ1v) is 8.32. The van der Waals surface area contributed by atoms with Crippen LogP contribution in [0, 0.1) is 6.92 Å². The van der Waals surface area contributed by atoms with Crippen molar-refractivity contribution in [2.45, 2.75) is 33.6 Å². The third-order valence-electron chi connectivity index (χ3n) is 4.13. The minimum Gasteiger partial charge on any atom is -1.00 e. The monoisotopic (exact) mass is 352 g/mol. The molecule has 1 aliphatic heterocycles. The molecule has 1 fully saturated rings. The van der Waals surface area contributed by atoms with Crippen LogP contribution in [0.1, 0.15) is 32.3 Å². The van der Waals surface area contributed by atoms with Gasteiger partial charge in [-0.3, -0.25) is 0 Å². The number of anilines is 2. The fourth-order valence-corrected chi connectivity index (χ4v) is 2.68. The summed E-state index contributed by atoms with van der Waals surface area (Å²) in [5.74, 6) is 0. The molecular formula is C18H27ClN3O2-. The minimum absolute atomic E-state index is 0. The van der Waals surface area contributed by atoms with E-state index in [4.69, 9.17) is 4.74 Å². The maximum absolute atomic E-state index is 12.0. The molecule has 0 unspecified atom stereocenters. The number of halogens is 1. The molecule has 1 heterocycles. The highest BCUT2D eigenvalue weighted by Crippen LogP contribution is 2.22. The minimum atomic E-state index is -0.206. The van der Waals surface area contributed by atoms with Gasteiger partial charge in [0, 0.05) is 30.7 Å². The van der Waals surface area contributed by atoms with Gasteiger partial charge in [-0.05, 0) is 62.9 Å². The van der Waals surface area contributed by atoms with Gasteiger partial charge in [0.1, 0.15) is 0 Å². The SMILES string of the molecule is CCN(CC)c1ccc(NC(=O)NC=C2CCOCC2)c(C)c1.[Cl-]. The Kier molecular flexibility index (Phi) is 8.65. The van der Waals surface area contributed by atoms with Crippen LogP contribution in [-0.4, -0.2) is 32.3 Å². The molecule has 134 valence electrons. The molecule has 1 saturated heterocycles. The van der Waals surface area contributed by atoms with Gasteiger partial charge in [0.15, 0.2) is 0 Å². The molecule has 0 bridgehead atoms. The van der Waals surface area contributed by atoms with Crippen LogP contribution in [0.15, 0.2) is 30.0 Å². The molecule has 1 aromatic rings. The second-order valence-electron chi connectivity index (χ2n) is 5.68. The standard InChI is InChI=1S/C18H27N3O2.ClH/c1-4-21(5-2)16-6-7-17(14(3)12-16)20-18(22)19-13-15-8-10-23-11-9-15;/h6-7,12-13H,4-5,8-11H2,1-3H3,(H2,19,20,22);1H/p-1. The van der Waals surface area contributed by atoms with Gasteiger partial charge in [-0.15, -0.1) is 0 Å².